The predicted octanol–water partition coefficient (Wildman–Crippen LogP) is 3.36. The van der Waals surface area contributed by atoms with Gasteiger partial charge < -0.3 is 5.32 Å². The first-order valence-corrected chi connectivity index (χ1v) is 5.50. The Morgan fingerprint density at radius 1 is 1.53 bits per heavy atom. The van der Waals surface area contributed by atoms with Gasteiger partial charge in [-0.1, -0.05) is 18.7 Å². The lowest BCUT2D eigenvalue weighted by Crippen LogP contribution is -2.03. The summed E-state index contributed by atoms with van der Waals surface area (Å²) in [5, 5.41) is 15.8. The van der Waals surface area contributed by atoms with Crippen LogP contribution in [0.5, 0.6) is 0 Å². The molecule has 2 rings (SSSR count). The van der Waals surface area contributed by atoms with Crippen LogP contribution in [0.15, 0.2) is 34.2 Å². The third-order valence-electron chi connectivity index (χ3n) is 2.18. The number of nitrogens with one attached hydrogen (secondary N) is 1. The normalized spacial score (nSPS) is 13.8. The summed E-state index contributed by atoms with van der Waals surface area (Å²) in [4.78, 5) is 11.1. The fourth-order valence-corrected chi connectivity index (χ4v) is 2.26. The van der Waals surface area contributed by atoms with Gasteiger partial charge in [0.2, 0.25) is 0 Å². The van der Waals surface area contributed by atoms with Crippen molar-refractivity contribution in [3.05, 3.63) is 39.4 Å². The molecule has 1 heterocycles. The number of thioether (sulfide) groups is 1. The van der Waals surface area contributed by atoms with Gasteiger partial charge in [0, 0.05) is 22.7 Å². The Bertz CT molecular complexity index is 443. The highest BCUT2D eigenvalue weighted by Crippen LogP contribution is 2.37. The van der Waals surface area contributed by atoms with E-state index in [0.717, 1.165) is 22.7 Å². The molecule has 4 nitrogen and oxygen atoms in total. The molecule has 1 aliphatic rings. The van der Waals surface area contributed by atoms with Gasteiger partial charge in [0.15, 0.2) is 0 Å². The van der Waals surface area contributed by atoms with Gasteiger partial charge in [0.05, 0.1) is 10.6 Å². The molecule has 0 amide bonds. The second kappa shape index (κ2) is 3.94. The van der Waals surface area contributed by atoms with E-state index in [1.165, 1.54) is 17.8 Å². The van der Waals surface area contributed by atoms with Crippen LogP contribution in [-0.2, 0) is 0 Å². The number of benzene rings is 1. The predicted molar refractivity (Wildman–Crippen MR) is 61.0 cm³/mol. The summed E-state index contributed by atoms with van der Waals surface area (Å²) in [6.07, 6.45) is 0.934. The summed E-state index contributed by atoms with van der Waals surface area (Å²) < 4.78 is 0. The maximum Gasteiger partial charge on any atom is 0.270 e. The van der Waals surface area contributed by atoms with E-state index in [9.17, 15) is 10.1 Å². The fourth-order valence-electron chi connectivity index (χ4n) is 1.33. The van der Waals surface area contributed by atoms with E-state index < -0.39 is 0 Å². The second-order valence-electron chi connectivity index (χ2n) is 3.18. The molecule has 1 aromatic rings. The maximum atomic E-state index is 10.6. The van der Waals surface area contributed by atoms with Crippen molar-refractivity contribution in [3.8, 4) is 0 Å². The van der Waals surface area contributed by atoms with Gasteiger partial charge in [-0.2, -0.15) is 0 Å². The van der Waals surface area contributed by atoms with Crippen molar-refractivity contribution in [2.45, 2.75) is 18.2 Å². The summed E-state index contributed by atoms with van der Waals surface area (Å²) in [7, 11) is 0. The van der Waals surface area contributed by atoms with Gasteiger partial charge in [-0.25, -0.2) is 0 Å². The van der Waals surface area contributed by atoms with Crippen LogP contribution in [0.1, 0.15) is 13.3 Å². The van der Waals surface area contributed by atoms with E-state index in [4.69, 9.17) is 0 Å². The van der Waals surface area contributed by atoms with Crippen LogP contribution in [-0.4, -0.2) is 4.92 Å². The third-order valence-corrected chi connectivity index (χ3v) is 3.17. The maximum absolute atomic E-state index is 10.6. The Kier molecular flexibility index (Phi) is 2.64. The van der Waals surface area contributed by atoms with Gasteiger partial charge in [-0.05, 0) is 17.9 Å². The molecule has 0 spiro atoms. The monoisotopic (exact) mass is 222 g/mol. The molecule has 0 unspecified atom stereocenters. The Morgan fingerprint density at radius 2 is 2.33 bits per heavy atom. The van der Waals surface area contributed by atoms with Crippen LogP contribution in [0.3, 0.4) is 0 Å². The average molecular weight is 222 g/mol. The molecular formula is C10H10N2O2S. The molecule has 1 N–H and O–H groups in total. The minimum absolute atomic E-state index is 0.136. The molecule has 1 aliphatic heterocycles. The van der Waals surface area contributed by atoms with Crippen molar-refractivity contribution < 1.29 is 4.92 Å². The summed E-state index contributed by atoms with van der Waals surface area (Å²) in [5.74, 6) is 0. The summed E-state index contributed by atoms with van der Waals surface area (Å²) in [6, 6.07) is 4.87. The lowest BCUT2D eigenvalue weighted by atomic mass is 10.2. The highest BCUT2D eigenvalue weighted by Gasteiger charge is 2.14. The number of nitrogens with zero attached hydrogens (tertiary/aromatic N) is 1. The summed E-state index contributed by atoms with van der Waals surface area (Å²) >= 11 is 1.52. The summed E-state index contributed by atoms with van der Waals surface area (Å²) in [5.41, 5.74) is 2.22. The number of non-ortho nitro benzene ring substituents is 1. The van der Waals surface area contributed by atoms with Crippen molar-refractivity contribution in [2.75, 3.05) is 5.32 Å². The number of nitro benzene ring substituents is 1. The Balaban J connectivity index is 2.33. The molecule has 0 radical (unpaired) electrons. The number of anilines is 1. The zero-order valence-electron chi connectivity index (χ0n) is 8.19. The van der Waals surface area contributed by atoms with E-state index in [0.29, 0.717) is 0 Å². The minimum atomic E-state index is -0.375. The van der Waals surface area contributed by atoms with Gasteiger partial charge in [-0.15, -0.1) is 0 Å². The Labute approximate surface area is 91.5 Å². The topological polar surface area (TPSA) is 55.2 Å². The average Bonchev–Trinajstić information content (AvgIpc) is 2.27. The number of rotatable bonds is 2. The molecule has 0 atom stereocenters. The highest BCUT2D eigenvalue weighted by molar-refractivity contribution is 8.02. The van der Waals surface area contributed by atoms with E-state index >= 15 is 0 Å². The van der Waals surface area contributed by atoms with E-state index in [1.807, 2.05) is 5.41 Å². The van der Waals surface area contributed by atoms with Crippen LogP contribution in [0.25, 0.3) is 0 Å². The second-order valence-corrected chi connectivity index (χ2v) is 4.09. The zero-order valence-corrected chi connectivity index (χ0v) is 9.00. The molecule has 78 valence electrons. The molecule has 15 heavy (non-hydrogen) atoms. The lowest BCUT2D eigenvalue weighted by Gasteiger charge is -2.17. The molecule has 0 aromatic heterocycles. The number of hydrogen-bond acceptors (Lipinski definition) is 4. The van der Waals surface area contributed by atoms with Crippen LogP contribution >= 0.6 is 11.8 Å². The van der Waals surface area contributed by atoms with Crippen molar-refractivity contribution in [1.29, 1.82) is 0 Å². The molecule has 0 saturated carbocycles. The molecule has 0 aliphatic carbocycles. The molecule has 0 saturated heterocycles. The van der Waals surface area contributed by atoms with Crippen molar-refractivity contribution in [1.82, 2.24) is 0 Å². The number of allylic oxidation sites excluding steroid dienone is 1. The SMILES string of the molecule is CCC1=CSc2cc([N+](=O)[O-])ccc2N1. The van der Waals surface area contributed by atoms with Crippen LogP contribution in [0, 0.1) is 10.1 Å². The first-order valence-electron chi connectivity index (χ1n) is 4.62. The van der Waals surface area contributed by atoms with Crippen molar-refractivity contribution in [3.63, 3.8) is 0 Å². The highest BCUT2D eigenvalue weighted by atomic mass is 32.2. The first-order chi connectivity index (χ1) is 7.20. The van der Waals surface area contributed by atoms with Gasteiger partial charge in [-0.3, -0.25) is 10.1 Å². The largest absolute Gasteiger partial charge is 0.358 e. The quantitative estimate of drug-likeness (QED) is 0.615. The van der Waals surface area contributed by atoms with Crippen molar-refractivity contribution in [2.24, 2.45) is 0 Å². The molecule has 0 fully saturated rings. The molecule has 1 aromatic carbocycles. The van der Waals surface area contributed by atoms with Crippen LogP contribution in [0.4, 0.5) is 11.4 Å². The van der Waals surface area contributed by atoms with E-state index in [1.54, 1.807) is 12.1 Å². The van der Waals surface area contributed by atoms with Gasteiger partial charge >= 0.3 is 0 Å². The van der Waals surface area contributed by atoms with Crippen LogP contribution < -0.4 is 5.32 Å². The minimum Gasteiger partial charge on any atom is -0.358 e. The van der Waals surface area contributed by atoms with E-state index in [2.05, 4.69) is 12.2 Å². The van der Waals surface area contributed by atoms with Crippen molar-refractivity contribution >= 4 is 23.1 Å². The Hall–Kier alpha value is -1.49. The van der Waals surface area contributed by atoms with E-state index in [-0.39, 0.29) is 10.6 Å². The third kappa shape index (κ3) is 1.97. The molecule has 0 bridgehead atoms. The number of hydrogen-bond donors (Lipinski definition) is 1. The first kappa shape index (κ1) is 10.0. The smallest absolute Gasteiger partial charge is 0.270 e. The zero-order chi connectivity index (χ0) is 10.8. The van der Waals surface area contributed by atoms with Crippen LogP contribution in [0.2, 0.25) is 0 Å². The lowest BCUT2D eigenvalue weighted by molar-refractivity contribution is -0.385. The Morgan fingerprint density at radius 3 is 3.00 bits per heavy atom. The van der Waals surface area contributed by atoms with Gasteiger partial charge in [0.25, 0.3) is 5.69 Å². The fraction of sp³-hybridized carbons (Fsp3) is 0.200. The number of fused-ring (bicyclic) bond motifs is 1. The standard InChI is InChI=1S/C10H10N2O2S/c1-2-7-6-15-10-5-8(12(13)14)3-4-9(10)11-7/h3-6,11H,2H2,1H3. The molecular weight excluding hydrogens is 212 g/mol. The molecule has 5 heteroatoms. The number of nitro groups is 1. The van der Waals surface area contributed by atoms with Gasteiger partial charge in [0.1, 0.15) is 0 Å². The summed E-state index contributed by atoms with van der Waals surface area (Å²) in [6.45, 7) is 2.07.